The van der Waals surface area contributed by atoms with Crippen molar-refractivity contribution >= 4 is 30.8 Å². The molecule has 0 atom stereocenters. The Kier molecular flexibility index (Phi) is 6.11. The van der Waals surface area contributed by atoms with Crippen LogP contribution in [0.5, 0.6) is 0 Å². The van der Waals surface area contributed by atoms with Gasteiger partial charge >= 0.3 is 11.9 Å². The number of aliphatic carboxylic acids is 2. The van der Waals surface area contributed by atoms with Gasteiger partial charge in [-0.2, -0.15) is 0 Å². The summed E-state index contributed by atoms with van der Waals surface area (Å²) in [6, 6.07) is 0. The molecule has 4 nitrogen and oxygen atoms in total. The van der Waals surface area contributed by atoms with Gasteiger partial charge in [-0.05, 0) is 6.92 Å². The summed E-state index contributed by atoms with van der Waals surface area (Å²) in [5.74, 6) is -2.45. The van der Waals surface area contributed by atoms with Crippen molar-refractivity contribution in [2.24, 2.45) is 0 Å². The van der Waals surface area contributed by atoms with Gasteiger partial charge in [0.1, 0.15) is 0 Å². The van der Waals surface area contributed by atoms with E-state index in [0.29, 0.717) is 6.08 Å². The Morgan fingerprint density at radius 2 is 1.70 bits per heavy atom. The molecule has 0 aliphatic carbocycles. The smallest absolute Gasteiger partial charge is 0.331 e. The van der Waals surface area contributed by atoms with Crippen LogP contribution >= 0.6 is 0 Å². The predicted molar refractivity (Wildman–Crippen MR) is 34.8 cm³/mol. The van der Waals surface area contributed by atoms with E-state index in [0.717, 1.165) is 0 Å². The van der Waals surface area contributed by atoms with Crippen LogP contribution < -0.4 is 0 Å². The summed E-state index contributed by atoms with van der Waals surface area (Å²) in [4.78, 5) is 19.7. The molecule has 0 spiro atoms. The molecule has 0 unspecified atom stereocenters. The normalized spacial score (nSPS) is 9.90. The van der Waals surface area contributed by atoms with E-state index in [4.69, 9.17) is 10.2 Å². The second kappa shape index (κ2) is 5.09. The maximum Gasteiger partial charge on any atom is 0.331 e. The molecule has 5 heteroatoms. The predicted octanol–water partition coefficient (Wildman–Crippen LogP) is -0.279. The maximum absolute atomic E-state index is 9.90. The van der Waals surface area contributed by atoms with Gasteiger partial charge in [0.15, 0.2) is 0 Å². The van der Waals surface area contributed by atoms with Crippen molar-refractivity contribution in [1.82, 2.24) is 0 Å². The molecule has 51 valence electrons. The molecule has 2 N–H and O–H groups in total. The standard InChI is InChI=1S/C5H6O4.Li/c1-3(5(8)9)2-4(6)7;/h2H,1H3,(H,6,7)(H,8,9);/b3-2-;. The average molecular weight is 137 g/mol. The van der Waals surface area contributed by atoms with Gasteiger partial charge in [-0.1, -0.05) is 0 Å². The number of carboxylic acid groups (broad SMARTS) is 2. The second-order valence-corrected chi connectivity index (χ2v) is 1.47. The zero-order valence-corrected chi connectivity index (χ0v) is 5.79. The van der Waals surface area contributed by atoms with Gasteiger partial charge < -0.3 is 10.2 Å². The Hall–Kier alpha value is -0.723. The monoisotopic (exact) mass is 137 g/mol. The van der Waals surface area contributed by atoms with Crippen molar-refractivity contribution in [2.45, 2.75) is 6.92 Å². The van der Waals surface area contributed by atoms with E-state index in [2.05, 4.69) is 0 Å². The quantitative estimate of drug-likeness (QED) is 0.405. The van der Waals surface area contributed by atoms with Gasteiger partial charge in [-0.25, -0.2) is 9.59 Å². The molecule has 0 aliphatic heterocycles. The van der Waals surface area contributed by atoms with E-state index in [-0.39, 0.29) is 24.4 Å². The molecule has 10 heavy (non-hydrogen) atoms. The Labute approximate surface area is 69.7 Å². The molecule has 0 saturated heterocycles. The van der Waals surface area contributed by atoms with E-state index in [1.165, 1.54) is 6.92 Å². The van der Waals surface area contributed by atoms with Crippen LogP contribution in [-0.4, -0.2) is 41.0 Å². The van der Waals surface area contributed by atoms with Gasteiger partial charge in [-0.3, -0.25) is 0 Å². The molecule has 0 aromatic carbocycles. The Morgan fingerprint density at radius 1 is 1.30 bits per heavy atom. The minimum absolute atomic E-state index is 0. The number of carboxylic acids is 2. The summed E-state index contributed by atoms with van der Waals surface area (Å²) in [6.45, 7) is 1.22. The molecule has 0 aliphatic rings. The van der Waals surface area contributed by atoms with Crippen LogP contribution in [0.4, 0.5) is 0 Å². The molecule has 0 rings (SSSR count). The van der Waals surface area contributed by atoms with Crippen molar-refractivity contribution < 1.29 is 19.8 Å². The molecule has 0 heterocycles. The summed E-state index contributed by atoms with van der Waals surface area (Å²) < 4.78 is 0. The van der Waals surface area contributed by atoms with E-state index >= 15 is 0 Å². The average Bonchev–Trinajstić information content (AvgIpc) is 1.63. The van der Waals surface area contributed by atoms with Crippen LogP contribution in [0.1, 0.15) is 6.92 Å². The molecular formula is C5H6LiO4. The fourth-order valence-electron chi connectivity index (χ4n) is 0.247. The van der Waals surface area contributed by atoms with Gasteiger partial charge in [0, 0.05) is 30.5 Å². The molecule has 0 amide bonds. The van der Waals surface area contributed by atoms with Crippen molar-refractivity contribution in [3.8, 4) is 0 Å². The topological polar surface area (TPSA) is 74.6 Å². The Balaban J connectivity index is 0. The third-order valence-electron chi connectivity index (χ3n) is 0.677. The van der Waals surface area contributed by atoms with E-state index in [1.807, 2.05) is 0 Å². The SMILES string of the molecule is C/C(=C/C(=O)O)C(=O)O.[Li]. The number of hydrogen-bond donors (Lipinski definition) is 2. The molecule has 0 fully saturated rings. The molecule has 0 aromatic rings. The van der Waals surface area contributed by atoms with Crippen molar-refractivity contribution in [3.63, 3.8) is 0 Å². The van der Waals surface area contributed by atoms with Crippen molar-refractivity contribution in [3.05, 3.63) is 11.6 Å². The van der Waals surface area contributed by atoms with E-state index in [1.54, 1.807) is 0 Å². The van der Waals surface area contributed by atoms with Crippen LogP contribution in [0.2, 0.25) is 0 Å². The maximum atomic E-state index is 9.90. The minimum Gasteiger partial charge on any atom is -0.478 e. The first-order valence-corrected chi connectivity index (χ1v) is 2.18. The van der Waals surface area contributed by atoms with Crippen molar-refractivity contribution in [1.29, 1.82) is 0 Å². The summed E-state index contributed by atoms with van der Waals surface area (Å²) >= 11 is 0. The largest absolute Gasteiger partial charge is 0.478 e. The molecule has 0 bridgehead atoms. The van der Waals surface area contributed by atoms with Crippen LogP contribution in [0.3, 0.4) is 0 Å². The third kappa shape index (κ3) is 5.41. The van der Waals surface area contributed by atoms with Crippen molar-refractivity contribution in [2.75, 3.05) is 0 Å². The zero-order chi connectivity index (χ0) is 7.44. The van der Waals surface area contributed by atoms with Crippen LogP contribution in [0.25, 0.3) is 0 Å². The first-order chi connectivity index (χ1) is 4.04. The number of hydrogen-bond acceptors (Lipinski definition) is 2. The van der Waals surface area contributed by atoms with Crippen LogP contribution in [0, 0.1) is 0 Å². The summed E-state index contributed by atoms with van der Waals surface area (Å²) in [5, 5.41) is 16.1. The number of carbonyl (C=O) groups is 2. The van der Waals surface area contributed by atoms with E-state index < -0.39 is 11.9 Å². The first kappa shape index (κ1) is 12.0. The minimum atomic E-state index is -1.24. The summed E-state index contributed by atoms with van der Waals surface area (Å²) in [6.07, 6.45) is 0.641. The third-order valence-corrected chi connectivity index (χ3v) is 0.677. The Morgan fingerprint density at radius 3 is 1.80 bits per heavy atom. The van der Waals surface area contributed by atoms with Gasteiger partial charge in [0.25, 0.3) is 0 Å². The van der Waals surface area contributed by atoms with Gasteiger partial charge in [-0.15, -0.1) is 0 Å². The number of rotatable bonds is 2. The van der Waals surface area contributed by atoms with Gasteiger partial charge in [0.05, 0.1) is 0 Å². The fraction of sp³-hybridized carbons (Fsp3) is 0.200. The first-order valence-electron chi connectivity index (χ1n) is 2.18. The fourth-order valence-corrected chi connectivity index (χ4v) is 0.247. The molecular weight excluding hydrogens is 131 g/mol. The summed E-state index contributed by atoms with van der Waals surface area (Å²) in [5.41, 5.74) is -0.178. The van der Waals surface area contributed by atoms with E-state index in [9.17, 15) is 9.59 Å². The molecule has 0 aromatic heterocycles. The molecule has 1 radical (unpaired) electrons. The Bertz CT molecular complexity index is 172. The van der Waals surface area contributed by atoms with Crippen LogP contribution in [-0.2, 0) is 9.59 Å². The van der Waals surface area contributed by atoms with Crippen LogP contribution in [0.15, 0.2) is 11.6 Å². The zero-order valence-electron chi connectivity index (χ0n) is 5.79. The second-order valence-electron chi connectivity index (χ2n) is 1.47. The molecule has 0 saturated carbocycles. The van der Waals surface area contributed by atoms with Gasteiger partial charge in [0.2, 0.25) is 0 Å². The summed E-state index contributed by atoms with van der Waals surface area (Å²) in [7, 11) is 0.